The fraction of sp³-hybridized carbons (Fsp3) is 0.500. The van der Waals surface area contributed by atoms with Crippen LogP contribution in [0.5, 0.6) is 5.75 Å². The Morgan fingerprint density at radius 3 is 2.84 bits per heavy atom. The molecule has 1 aliphatic rings. The van der Waals surface area contributed by atoms with Gasteiger partial charge in [-0.05, 0) is 36.7 Å². The lowest BCUT2D eigenvalue weighted by Crippen LogP contribution is -2.27. The van der Waals surface area contributed by atoms with Crippen molar-refractivity contribution in [2.75, 3.05) is 11.9 Å². The highest BCUT2D eigenvalue weighted by atomic mass is 79.9. The predicted octanol–water partition coefficient (Wildman–Crippen LogP) is 3.78. The van der Waals surface area contributed by atoms with E-state index >= 15 is 0 Å². The monoisotopic (exact) mass is 348 g/mol. The van der Waals surface area contributed by atoms with Crippen molar-refractivity contribution in [2.24, 2.45) is 0 Å². The standard InChI is InChI=1S/C12H14BrClN2O3/c1-12(2,3)19-11(17)16-10-8(14)7(13)9-6(15-10)4-5-18-9/h4-5H2,1-3H3,(H,15,16,17). The van der Waals surface area contributed by atoms with E-state index in [0.29, 0.717) is 28.3 Å². The van der Waals surface area contributed by atoms with Crippen LogP contribution in [0.3, 0.4) is 0 Å². The number of rotatable bonds is 1. The molecule has 19 heavy (non-hydrogen) atoms. The van der Waals surface area contributed by atoms with Crippen LogP contribution in [-0.2, 0) is 11.2 Å². The first-order valence-corrected chi connectivity index (χ1v) is 6.95. The van der Waals surface area contributed by atoms with Gasteiger partial charge in [0.2, 0.25) is 0 Å². The molecule has 0 atom stereocenters. The first kappa shape index (κ1) is 14.4. The van der Waals surface area contributed by atoms with Crippen LogP contribution < -0.4 is 10.1 Å². The Morgan fingerprint density at radius 2 is 2.21 bits per heavy atom. The highest BCUT2D eigenvalue weighted by Crippen LogP contribution is 2.41. The molecule has 1 aromatic rings. The molecule has 0 radical (unpaired) electrons. The SMILES string of the molecule is CC(C)(C)OC(=O)Nc1nc2c(c(Br)c1Cl)OCC2. The van der Waals surface area contributed by atoms with Gasteiger partial charge in [-0.3, -0.25) is 5.32 Å². The number of ether oxygens (including phenoxy) is 2. The second-order valence-corrected chi connectivity index (χ2v) is 6.26. The lowest BCUT2D eigenvalue weighted by Gasteiger charge is -2.20. The van der Waals surface area contributed by atoms with Gasteiger partial charge in [0.05, 0.1) is 16.8 Å². The maximum absolute atomic E-state index is 11.7. The van der Waals surface area contributed by atoms with Crippen LogP contribution in [0.25, 0.3) is 0 Å². The van der Waals surface area contributed by atoms with E-state index in [1.807, 2.05) is 0 Å². The molecule has 104 valence electrons. The number of hydrogen-bond acceptors (Lipinski definition) is 4. The average Bonchev–Trinajstić information content (AvgIpc) is 2.71. The lowest BCUT2D eigenvalue weighted by molar-refractivity contribution is 0.0635. The molecule has 1 aromatic heterocycles. The number of fused-ring (bicyclic) bond motifs is 1. The minimum Gasteiger partial charge on any atom is -0.490 e. The van der Waals surface area contributed by atoms with Gasteiger partial charge in [0.15, 0.2) is 11.6 Å². The molecule has 0 aliphatic carbocycles. The maximum Gasteiger partial charge on any atom is 0.413 e. The number of aromatic nitrogens is 1. The Morgan fingerprint density at radius 1 is 1.53 bits per heavy atom. The summed E-state index contributed by atoms with van der Waals surface area (Å²) in [4.78, 5) is 16.0. The van der Waals surface area contributed by atoms with Gasteiger partial charge in [0, 0.05) is 6.42 Å². The molecule has 0 bridgehead atoms. The van der Waals surface area contributed by atoms with Crippen molar-refractivity contribution in [2.45, 2.75) is 32.8 Å². The van der Waals surface area contributed by atoms with Crippen LogP contribution in [0, 0.1) is 0 Å². The molecular formula is C12H14BrClN2O3. The molecule has 0 spiro atoms. The van der Waals surface area contributed by atoms with Gasteiger partial charge < -0.3 is 9.47 Å². The van der Waals surface area contributed by atoms with Crippen LogP contribution >= 0.6 is 27.5 Å². The van der Waals surface area contributed by atoms with E-state index in [4.69, 9.17) is 21.1 Å². The number of carbonyl (C=O) groups is 1. The van der Waals surface area contributed by atoms with Crippen LogP contribution in [0.1, 0.15) is 26.5 Å². The number of halogens is 2. The number of pyridine rings is 1. The van der Waals surface area contributed by atoms with E-state index in [9.17, 15) is 4.79 Å². The lowest BCUT2D eigenvalue weighted by atomic mass is 10.2. The minimum atomic E-state index is -0.590. The summed E-state index contributed by atoms with van der Waals surface area (Å²) < 4.78 is 11.2. The van der Waals surface area contributed by atoms with Gasteiger partial charge in [-0.15, -0.1) is 0 Å². The predicted molar refractivity (Wildman–Crippen MR) is 76.0 cm³/mol. The highest BCUT2D eigenvalue weighted by Gasteiger charge is 2.24. The van der Waals surface area contributed by atoms with Crippen LogP contribution in [-0.4, -0.2) is 23.3 Å². The quantitative estimate of drug-likeness (QED) is 0.838. The summed E-state index contributed by atoms with van der Waals surface area (Å²) in [5.74, 6) is 0.909. The van der Waals surface area contributed by atoms with Gasteiger partial charge in [-0.1, -0.05) is 11.6 Å². The molecule has 0 aromatic carbocycles. The second-order valence-electron chi connectivity index (χ2n) is 5.09. The van der Waals surface area contributed by atoms with Crippen molar-refractivity contribution in [1.82, 2.24) is 4.98 Å². The summed E-state index contributed by atoms with van der Waals surface area (Å²) in [6, 6.07) is 0. The topological polar surface area (TPSA) is 60.5 Å². The summed E-state index contributed by atoms with van der Waals surface area (Å²) in [6.45, 7) is 5.92. The smallest absolute Gasteiger partial charge is 0.413 e. The molecule has 0 fully saturated rings. The third-order valence-electron chi connectivity index (χ3n) is 2.31. The Kier molecular flexibility index (Phi) is 3.92. The first-order chi connectivity index (χ1) is 8.78. The fourth-order valence-electron chi connectivity index (χ4n) is 1.61. The zero-order valence-corrected chi connectivity index (χ0v) is 13.2. The molecule has 1 aliphatic heterocycles. The molecule has 0 unspecified atom stereocenters. The molecule has 7 heteroatoms. The van der Waals surface area contributed by atoms with E-state index < -0.39 is 11.7 Å². The largest absolute Gasteiger partial charge is 0.490 e. The summed E-state index contributed by atoms with van der Waals surface area (Å²) in [5, 5.41) is 2.85. The molecule has 0 saturated heterocycles. The third-order valence-corrected chi connectivity index (χ3v) is 3.67. The second kappa shape index (κ2) is 5.17. The number of amides is 1. The molecule has 2 rings (SSSR count). The number of carbonyl (C=O) groups excluding carboxylic acids is 1. The fourth-order valence-corrected chi connectivity index (χ4v) is 2.32. The van der Waals surface area contributed by atoms with E-state index in [2.05, 4.69) is 26.2 Å². The Hall–Kier alpha value is -1.01. The van der Waals surface area contributed by atoms with E-state index in [0.717, 1.165) is 5.69 Å². The maximum atomic E-state index is 11.7. The number of nitrogens with one attached hydrogen (secondary N) is 1. The van der Waals surface area contributed by atoms with Crippen molar-refractivity contribution in [3.05, 3.63) is 15.2 Å². The number of hydrogen-bond donors (Lipinski definition) is 1. The van der Waals surface area contributed by atoms with Crippen LogP contribution in [0.15, 0.2) is 4.47 Å². The van der Waals surface area contributed by atoms with Crippen molar-refractivity contribution in [1.29, 1.82) is 0 Å². The normalized spacial score (nSPS) is 13.7. The van der Waals surface area contributed by atoms with Gasteiger partial charge in [0.1, 0.15) is 10.6 Å². The first-order valence-electron chi connectivity index (χ1n) is 5.78. The van der Waals surface area contributed by atoms with E-state index in [1.54, 1.807) is 20.8 Å². The van der Waals surface area contributed by atoms with Gasteiger partial charge in [-0.2, -0.15) is 0 Å². The van der Waals surface area contributed by atoms with Gasteiger partial charge in [-0.25, -0.2) is 9.78 Å². The summed E-state index contributed by atoms with van der Waals surface area (Å²) in [5.41, 5.74) is 0.190. The van der Waals surface area contributed by atoms with E-state index in [-0.39, 0.29) is 5.82 Å². The van der Waals surface area contributed by atoms with Crippen molar-refractivity contribution in [3.8, 4) is 5.75 Å². The molecular weight excluding hydrogens is 336 g/mol. The number of nitrogens with zero attached hydrogens (tertiary/aromatic N) is 1. The molecule has 0 saturated carbocycles. The van der Waals surface area contributed by atoms with Crippen molar-refractivity contribution >= 4 is 39.4 Å². The third kappa shape index (κ3) is 3.30. The Balaban J connectivity index is 2.22. The summed E-state index contributed by atoms with van der Waals surface area (Å²) >= 11 is 9.48. The Labute approximate surface area is 124 Å². The number of anilines is 1. The zero-order valence-electron chi connectivity index (χ0n) is 10.8. The average molecular weight is 350 g/mol. The van der Waals surface area contributed by atoms with Gasteiger partial charge in [0.25, 0.3) is 0 Å². The van der Waals surface area contributed by atoms with Crippen LogP contribution in [0.4, 0.5) is 10.6 Å². The van der Waals surface area contributed by atoms with Crippen molar-refractivity contribution < 1.29 is 14.3 Å². The van der Waals surface area contributed by atoms with E-state index in [1.165, 1.54) is 0 Å². The Bertz CT molecular complexity index is 529. The zero-order chi connectivity index (χ0) is 14.2. The van der Waals surface area contributed by atoms with Crippen LogP contribution in [0.2, 0.25) is 5.02 Å². The summed E-state index contributed by atoms with van der Waals surface area (Å²) in [6.07, 6.45) is 0.0985. The minimum absolute atomic E-state index is 0.270. The molecule has 1 N–H and O–H groups in total. The van der Waals surface area contributed by atoms with Crippen molar-refractivity contribution in [3.63, 3.8) is 0 Å². The molecule has 1 amide bonds. The molecule has 5 nitrogen and oxygen atoms in total. The van der Waals surface area contributed by atoms with Gasteiger partial charge >= 0.3 is 6.09 Å². The highest BCUT2D eigenvalue weighted by molar-refractivity contribution is 9.10. The summed E-state index contributed by atoms with van der Waals surface area (Å²) in [7, 11) is 0. The molecule has 2 heterocycles.